The summed E-state index contributed by atoms with van der Waals surface area (Å²) >= 11 is 0. The topological polar surface area (TPSA) is 3.24 Å². The molecule has 1 aliphatic rings. The van der Waals surface area contributed by atoms with Crippen LogP contribution >= 0.6 is 0 Å². The van der Waals surface area contributed by atoms with Gasteiger partial charge in [0, 0.05) is 11.2 Å². The number of nitrogens with zero attached hydrogens (tertiary/aromatic N) is 1. The van der Waals surface area contributed by atoms with Crippen LogP contribution in [-0.2, 0) is 0 Å². The van der Waals surface area contributed by atoms with E-state index in [0.717, 1.165) is 0 Å². The molecule has 1 saturated heterocycles. The van der Waals surface area contributed by atoms with Crippen molar-refractivity contribution in [2.75, 3.05) is 4.90 Å². The van der Waals surface area contributed by atoms with Crippen LogP contribution < -0.4 is 4.90 Å². The summed E-state index contributed by atoms with van der Waals surface area (Å²) in [6.45, 7) is 19.6. The van der Waals surface area contributed by atoms with Gasteiger partial charge in [0.2, 0.25) is 0 Å². The number of hydrogen-bond acceptors (Lipinski definition) is 1. The number of anilines is 1. The summed E-state index contributed by atoms with van der Waals surface area (Å²) in [4.78, 5) is 2.40. The molecule has 2 rings (SSSR count). The summed E-state index contributed by atoms with van der Waals surface area (Å²) in [5.74, 6) is 0. The highest BCUT2D eigenvalue weighted by molar-refractivity contribution is 5.63. The van der Waals surface area contributed by atoms with Crippen LogP contribution in [0.1, 0.15) is 57.2 Å². The van der Waals surface area contributed by atoms with Crippen LogP contribution in [0.15, 0.2) is 12.1 Å². The maximum Gasteiger partial charge on any atom is 0.0979 e. The normalized spacial score (nSPS) is 21.5. The summed E-state index contributed by atoms with van der Waals surface area (Å²) in [7, 11) is 0. The minimum atomic E-state index is 0.153. The molecule has 1 heterocycles. The highest BCUT2D eigenvalue weighted by atomic mass is 15.2. The average Bonchev–Trinajstić information content (AvgIpc) is 2.22. The highest BCUT2D eigenvalue weighted by Gasteiger charge is 2.40. The molecule has 1 aromatic carbocycles. The van der Waals surface area contributed by atoms with Crippen LogP contribution in [0.4, 0.5) is 5.69 Å². The molecule has 0 amide bonds. The predicted molar refractivity (Wildman–Crippen MR) is 83.5 cm³/mol. The molecule has 1 aromatic rings. The molecule has 1 nitrogen and oxygen atoms in total. The highest BCUT2D eigenvalue weighted by Crippen LogP contribution is 2.45. The fourth-order valence-corrected chi connectivity index (χ4v) is 3.12. The first-order chi connectivity index (χ1) is 8.62. The van der Waals surface area contributed by atoms with E-state index in [0.29, 0.717) is 0 Å². The Balaban J connectivity index is 2.49. The van der Waals surface area contributed by atoms with Crippen molar-refractivity contribution < 1.29 is 0 Å². The molecule has 1 heteroatoms. The second-order valence-corrected chi connectivity index (χ2v) is 7.39. The van der Waals surface area contributed by atoms with Gasteiger partial charge in [-0.25, -0.2) is 0 Å². The summed E-state index contributed by atoms with van der Waals surface area (Å²) in [6.07, 6.45) is 2.42. The first kappa shape index (κ1) is 14.4. The number of hydrogen-bond donors (Lipinski definition) is 0. The molecule has 0 saturated carbocycles. The Morgan fingerprint density at radius 2 is 1.47 bits per heavy atom. The lowest BCUT2D eigenvalue weighted by molar-refractivity contribution is 0.255. The molecular formula is C18H27N. The van der Waals surface area contributed by atoms with Crippen molar-refractivity contribution in [1.29, 1.82) is 0 Å². The van der Waals surface area contributed by atoms with Gasteiger partial charge in [0.15, 0.2) is 0 Å². The van der Waals surface area contributed by atoms with Crippen LogP contribution in [-0.4, -0.2) is 5.54 Å². The van der Waals surface area contributed by atoms with E-state index in [-0.39, 0.29) is 11.0 Å². The van der Waals surface area contributed by atoms with E-state index in [1.54, 1.807) is 0 Å². The Hall–Kier alpha value is -0.980. The maximum absolute atomic E-state index is 3.73. The van der Waals surface area contributed by atoms with Crippen LogP contribution in [0.3, 0.4) is 0 Å². The van der Waals surface area contributed by atoms with Crippen LogP contribution in [0.25, 0.3) is 0 Å². The van der Waals surface area contributed by atoms with Gasteiger partial charge >= 0.3 is 0 Å². The zero-order chi connectivity index (χ0) is 14.4. The molecule has 2 radical (unpaired) electrons. The first-order valence-corrected chi connectivity index (χ1v) is 7.28. The monoisotopic (exact) mass is 257 g/mol. The fourth-order valence-electron chi connectivity index (χ4n) is 3.12. The minimum Gasteiger partial charge on any atom is -0.355 e. The molecule has 1 aliphatic heterocycles. The Morgan fingerprint density at radius 1 is 0.947 bits per heavy atom. The zero-order valence-corrected chi connectivity index (χ0v) is 13.5. The second-order valence-electron chi connectivity index (χ2n) is 7.39. The second kappa shape index (κ2) is 4.54. The lowest BCUT2D eigenvalue weighted by atomic mass is 9.76. The van der Waals surface area contributed by atoms with Gasteiger partial charge in [-0.3, -0.25) is 0 Å². The third-order valence-electron chi connectivity index (χ3n) is 4.24. The summed E-state index contributed by atoms with van der Waals surface area (Å²) < 4.78 is 0. The number of rotatable bonds is 1. The van der Waals surface area contributed by atoms with Crippen LogP contribution in [0.2, 0.25) is 0 Å². The van der Waals surface area contributed by atoms with E-state index < -0.39 is 0 Å². The number of piperidine rings is 1. The fraction of sp³-hybridized carbons (Fsp3) is 0.611. The van der Waals surface area contributed by atoms with Crippen molar-refractivity contribution in [1.82, 2.24) is 0 Å². The first-order valence-electron chi connectivity index (χ1n) is 7.28. The number of benzene rings is 1. The zero-order valence-electron chi connectivity index (χ0n) is 13.5. The Labute approximate surface area is 119 Å². The van der Waals surface area contributed by atoms with Crippen LogP contribution in [0.5, 0.6) is 0 Å². The van der Waals surface area contributed by atoms with Gasteiger partial charge in [-0.1, -0.05) is 31.5 Å². The summed E-state index contributed by atoms with van der Waals surface area (Å²) in [5, 5.41) is 0. The Kier molecular flexibility index (Phi) is 3.45. The van der Waals surface area contributed by atoms with Crippen molar-refractivity contribution in [3.63, 3.8) is 0 Å². The summed E-state index contributed by atoms with van der Waals surface area (Å²) in [6, 6.07) is 4.56. The van der Waals surface area contributed by atoms with Crippen molar-refractivity contribution >= 4 is 5.69 Å². The van der Waals surface area contributed by atoms with Gasteiger partial charge in [-0.2, -0.15) is 0 Å². The van der Waals surface area contributed by atoms with Crippen molar-refractivity contribution in [3.05, 3.63) is 35.4 Å². The molecule has 0 spiro atoms. The van der Waals surface area contributed by atoms with E-state index >= 15 is 0 Å². The molecule has 1 fully saturated rings. The van der Waals surface area contributed by atoms with Crippen molar-refractivity contribution in [2.45, 2.75) is 66.8 Å². The maximum atomic E-state index is 3.73. The third-order valence-corrected chi connectivity index (χ3v) is 4.24. The largest absolute Gasteiger partial charge is 0.355 e. The van der Waals surface area contributed by atoms with Gasteiger partial charge < -0.3 is 4.90 Å². The van der Waals surface area contributed by atoms with Crippen molar-refractivity contribution in [3.8, 4) is 0 Å². The quantitative estimate of drug-likeness (QED) is 0.680. The predicted octanol–water partition coefficient (Wildman–Crippen LogP) is 5.06. The van der Waals surface area contributed by atoms with E-state index in [9.17, 15) is 0 Å². The molecule has 0 unspecified atom stereocenters. The van der Waals surface area contributed by atoms with E-state index in [1.165, 1.54) is 35.2 Å². The van der Waals surface area contributed by atoms with Gasteiger partial charge in [-0.05, 0) is 64.0 Å². The van der Waals surface area contributed by atoms with Gasteiger partial charge in [0.05, 0.1) is 6.54 Å². The average molecular weight is 257 g/mol. The number of aryl methyl sites for hydroxylation is 3. The van der Waals surface area contributed by atoms with Gasteiger partial charge in [0.25, 0.3) is 0 Å². The molecule has 0 bridgehead atoms. The van der Waals surface area contributed by atoms with E-state index in [4.69, 9.17) is 0 Å². The smallest absolute Gasteiger partial charge is 0.0979 e. The Bertz CT molecular complexity index is 459. The Morgan fingerprint density at radius 3 is 2.00 bits per heavy atom. The van der Waals surface area contributed by atoms with E-state index in [2.05, 4.69) is 72.0 Å². The van der Waals surface area contributed by atoms with Gasteiger partial charge in [0.1, 0.15) is 0 Å². The lowest BCUT2D eigenvalue weighted by Crippen LogP contribution is -2.50. The van der Waals surface area contributed by atoms with Gasteiger partial charge in [-0.15, -0.1) is 0 Å². The molecule has 104 valence electrons. The minimum absolute atomic E-state index is 0.153. The molecule has 0 aliphatic carbocycles. The lowest BCUT2D eigenvalue weighted by Gasteiger charge is -2.50. The van der Waals surface area contributed by atoms with E-state index in [1.807, 2.05) is 0 Å². The summed E-state index contributed by atoms with van der Waals surface area (Å²) in [5.41, 5.74) is 5.72. The SMILES string of the molecule is Cc1cc(C)c(N2[C]C(C)(C)CCC2(C)C)c(C)c1. The molecule has 0 N–H and O–H groups in total. The standard InChI is InChI=1S/C18H27N/c1-13-10-14(2)16(15(3)11-13)19-12-17(4,5)8-9-18(19,6)7/h10-11H,8-9H2,1-7H3. The van der Waals surface area contributed by atoms with Crippen molar-refractivity contribution in [2.24, 2.45) is 5.41 Å². The molecular weight excluding hydrogens is 230 g/mol. The molecule has 0 aromatic heterocycles. The van der Waals surface area contributed by atoms with Crippen LogP contribution in [0, 0.1) is 32.7 Å². The molecule has 0 atom stereocenters. The molecule has 19 heavy (non-hydrogen) atoms. The third kappa shape index (κ3) is 2.80.